The first-order chi connectivity index (χ1) is 11.1. The van der Waals surface area contributed by atoms with E-state index in [1.165, 1.54) is 12.1 Å². The van der Waals surface area contributed by atoms with Gasteiger partial charge >= 0.3 is 0 Å². The van der Waals surface area contributed by atoms with Crippen LogP contribution in [0.3, 0.4) is 0 Å². The molecule has 2 aromatic rings. The van der Waals surface area contributed by atoms with Crippen molar-refractivity contribution in [2.45, 2.75) is 13.0 Å². The highest BCUT2D eigenvalue weighted by atomic mass is 79.9. The third kappa shape index (κ3) is 3.89. The number of carbonyl (C=O) groups excluding carboxylic acids is 1. The molecule has 0 fully saturated rings. The van der Waals surface area contributed by atoms with Crippen LogP contribution in [-0.4, -0.2) is 19.2 Å². The van der Waals surface area contributed by atoms with Crippen molar-refractivity contribution in [3.05, 3.63) is 63.4 Å². The molecule has 3 rings (SSSR count). The number of halogens is 2. The van der Waals surface area contributed by atoms with Gasteiger partial charge in [0.05, 0.1) is 6.61 Å². The maximum atomic E-state index is 13.6. The van der Waals surface area contributed by atoms with E-state index >= 15 is 0 Å². The summed E-state index contributed by atoms with van der Waals surface area (Å²) in [6, 6.07) is 10.0. The number of rotatable bonds is 4. The highest BCUT2D eigenvalue weighted by molar-refractivity contribution is 9.10. The van der Waals surface area contributed by atoms with Crippen molar-refractivity contribution >= 4 is 21.8 Å². The minimum Gasteiger partial charge on any atom is -0.467 e. The smallest absolute Gasteiger partial charge is 0.251 e. The van der Waals surface area contributed by atoms with Gasteiger partial charge in [0.25, 0.3) is 5.91 Å². The van der Waals surface area contributed by atoms with Gasteiger partial charge in [-0.25, -0.2) is 4.39 Å². The van der Waals surface area contributed by atoms with Gasteiger partial charge in [-0.1, -0.05) is 22.0 Å². The second-order valence-corrected chi connectivity index (χ2v) is 6.10. The summed E-state index contributed by atoms with van der Waals surface area (Å²) in [7, 11) is 0. The lowest BCUT2D eigenvalue weighted by molar-refractivity contribution is -0.0172. The van der Waals surface area contributed by atoms with E-state index in [4.69, 9.17) is 9.47 Å². The average Bonchev–Trinajstić information content (AvgIpc) is 2.54. The molecule has 0 spiro atoms. The van der Waals surface area contributed by atoms with Crippen LogP contribution >= 0.6 is 15.9 Å². The first-order valence-electron chi connectivity index (χ1n) is 7.19. The zero-order valence-corrected chi connectivity index (χ0v) is 13.9. The number of fused-ring (bicyclic) bond motifs is 1. The summed E-state index contributed by atoms with van der Waals surface area (Å²) in [6.07, 6.45) is 0.486. The number of carbonyl (C=O) groups is 1. The summed E-state index contributed by atoms with van der Waals surface area (Å²) in [5.74, 6) is 0.168. The van der Waals surface area contributed by atoms with Gasteiger partial charge in [0.1, 0.15) is 11.6 Å². The lowest BCUT2D eigenvalue weighted by atomic mass is 10.1. The monoisotopic (exact) mass is 379 g/mol. The molecule has 1 heterocycles. The van der Waals surface area contributed by atoms with E-state index in [9.17, 15) is 9.18 Å². The van der Waals surface area contributed by atoms with Crippen molar-refractivity contribution in [1.29, 1.82) is 0 Å². The van der Waals surface area contributed by atoms with Gasteiger partial charge in [0.15, 0.2) is 6.79 Å². The van der Waals surface area contributed by atoms with Crippen LogP contribution in [0.15, 0.2) is 40.9 Å². The van der Waals surface area contributed by atoms with E-state index in [1.807, 2.05) is 6.07 Å². The molecule has 1 amide bonds. The summed E-state index contributed by atoms with van der Waals surface area (Å²) >= 11 is 3.33. The fourth-order valence-electron chi connectivity index (χ4n) is 2.48. The van der Waals surface area contributed by atoms with Gasteiger partial charge < -0.3 is 14.8 Å². The molecule has 0 bridgehead atoms. The van der Waals surface area contributed by atoms with E-state index in [2.05, 4.69) is 21.2 Å². The Hall–Kier alpha value is -1.92. The van der Waals surface area contributed by atoms with E-state index < -0.39 is 0 Å². The Bertz CT molecular complexity index is 736. The van der Waals surface area contributed by atoms with Crippen LogP contribution in [-0.2, 0) is 17.8 Å². The minimum atomic E-state index is -0.328. The number of hydrogen-bond donors (Lipinski definition) is 1. The molecule has 0 atom stereocenters. The number of benzene rings is 2. The zero-order valence-electron chi connectivity index (χ0n) is 12.3. The Labute approximate surface area is 141 Å². The maximum absolute atomic E-state index is 13.6. The van der Waals surface area contributed by atoms with Gasteiger partial charge in [-0.15, -0.1) is 0 Å². The molecule has 0 aliphatic carbocycles. The topological polar surface area (TPSA) is 47.6 Å². The van der Waals surface area contributed by atoms with Gasteiger partial charge in [-0.05, 0) is 42.3 Å². The molecule has 0 saturated heterocycles. The van der Waals surface area contributed by atoms with E-state index in [1.54, 1.807) is 18.2 Å². The van der Waals surface area contributed by atoms with Crippen molar-refractivity contribution in [1.82, 2.24) is 5.32 Å². The summed E-state index contributed by atoms with van der Waals surface area (Å²) in [5.41, 5.74) is 2.01. The largest absolute Gasteiger partial charge is 0.467 e. The van der Waals surface area contributed by atoms with E-state index in [-0.39, 0.29) is 18.5 Å². The number of nitrogens with one attached hydrogen (secondary N) is 1. The van der Waals surface area contributed by atoms with Crippen LogP contribution in [0.4, 0.5) is 4.39 Å². The first kappa shape index (κ1) is 16.0. The fraction of sp³-hybridized carbons (Fsp3) is 0.235. The minimum absolute atomic E-state index is 0.163. The maximum Gasteiger partial charge on any atom is 0.251 e. The highest BCUT2D eigenvalue weighted by Gasteiger charge is 2.17. The molecule has 2 aromatic carbocycles. The van der Waals surface area contributed by atoms with Crippen LogP contribution in [0, 0.1) is 5.82 Å². The third-order valence-corrected chi connectivity index (χ3v) is 4.01. The molecule has 1 aliphatic heterocycles. The lowest BCUT2D eigenvalue weighted by Gasteiger charge is -2.21. The molecule has 0 unspecified atom stereocenters. The SMILES string of the molecule is O=C(NCCc1cc(F)cc2c1OCOC2)c1cccc(Br)c1. The van der Waals surface area contributed by atoms with Crippen molar-refractivity contribution in [3.8, 4) is 5.75 Å². The van der Waals surface area contributed by atoms with Crippen molar-refractivity contribution in [2.75, 3.05) is 13.3 Å². The van der Waals surface area contributed by atoms with Crippen LogP contribution < -0.4 is 10.1 Å². The molecule has 6 heteroatoms. The molecule has 120 valence electrons. The molecule has 1 aliphatic rings. The molecule has 0 aromatic heterocycles. The molecule has 0 saturated carbocycles. The average molecular weight is 380 g/mol. The van der Waals surface area contributed by atoms with Gasteiger partial charge in [0.2, 0.25) is 0 Å². The number of amides is 1. The highest BCUT2D eigenvalue weighted by Crippen LogP contribution is 2.29. The second-order valence-electron chi connectivity index (χ2n) is 5.18. The molecular formula is C17H15BrFNO3. The van der Waals surface area contributed by atoms with Crippen molar-refractivity contribution < 1.29 is 18.7 Å². The number of ether oxygens (including phenoxy) is 2. The quantitative estimate of drug-likeness (QED) is 0.884. The zero-order chi connectivity index (χ0) is 16.2. The lowest BCUT2D eigenvalue weighted by Crippen LogP contribution is -2.26. The fourth-order valence-corrected chi connectivity index (χ4v) is 2.88. The van der Waals surface area contributed by atoms with Crippen LogP contribution in [0.2, 0.25) is 0 Å². The van der Waals surface area contributed by atoms with Gasteiger partial charge in [-0.3, -0.25) is 4.79 Å². The molecule has 1 N–H and O–H groups in total. The van der Waals surface area contributed by atoms with E-state index in [0.717, 1.165) is 10.0 Å². The molecular weight excluding hydrogens is 365 g/mol. The predicted molar refractivity (Wildman–Crippen MR) is 86.9 cm³/mol. The Morgan fingerprint density at radius 1 is 1.30 bits per heavy atom. The van der Waals surface area contributed by atoms with Gasteiger partial charge in [-0.2, -0.15) is 0 Å². The predicted octanol–water partition coefficient (Wildman–Crippen LogP) is 3.43. The van der Waals surface area contributed by atoms with E-state index in [0.29, 0.717) is 36.4 Å². The Balaban J connectivity index is 1.65. The Morgan fingerprint density at radius 3 is 3.00 bits per heavy atom. The molecule has 0 radical (unpaired) electrons. The Morgan fingerprint density at radius 2 is 2.17 bits per heavy atom. The van der Waals surface area contributed by atoms with Crippen molar-refractivity contribution in [2.24, 2.45) is 0 Å². The summed E-state index contributed by atoms with van der Waals surface area (Å²) in [6.45, 7) is 0.895. The van der Waals surface area contributed by atoms with Crippen LogP contribution in [0.25, 0.3) is 0 Å². The third-order valence-electron chi connectivity index (χ3n) is 3.52. The Kier molecular flexibility index (Phi) is 4.93. The van der Waals surface area contributed by atoms with Crippen LogP contribution in [0.1, 0.15) is 21.5 Å². The summed E-state index contributed by atoms with van der Waals surface area (Å²) < 4.78 is 25.1. The van der Waals surface area contributed by atoms with Gasteiger partial charge in [0, 0.05) is 22.1 Å². The first-order valence-corrected chi connectivity index (χ1v) is 7.98. The molecule has 23 heavy (non-hydrogen) atoms. The summed E-state index contributed by atoms with van der Waals surface area (Å²) in [4.78, 5) is 12.1. The second kappa shape index (κ2) is 7.10. The number of hydrogen-bond acceptors (Lipinski definition) is 3. The standard InChI is InChI=1S/C17H15BrFNO3/c18-14-3-1-2-12(6-14)17(21)20-5-4-11-7-15(19)8-13-9-22-10-23-16(11)13/h1-3,6-8H,4-5,9-10H2,(H,20,21). The summed E-state index contributed by atoms with van der Waals surface area (Å²) in [5, 5.41) is 2.83. The van der Waals surface area contributed by atoms with Crippen molar-refractivity contribution in [3.63, 3.8) is 0 Å². The van der Waals surface area contributed by atoms with Crippen LogP contribution in [0.5, 0.6) is 5.75 Å². The normalized spacial score (nSPS) is 13.1. The molecule has 4 nitrogen and oxygen atoms in total.